The van der Waals surface area contributed by atoms with E-state index in [1.54, 1.807) is 0 Å². The van der Waals surface area contributed by atoms with E-state index < -0.39 is 23.0 Å². The number of hydrogen-bond donors (Lipinski definition) is 0. The van der Waals surface area contributed by atoms with Gasteiger partial charge in [-0.3, -0.25) is 4.79 Å². The highest BCUT2D eigenvalue weighted by atomic mass is 19.1. The largest absolute Gasteiger partial charge is 0.289 e. The molecule has 17 heavy (non-hydrogen) atoms. The molecular weight excluding hydrogens is 222 g/mol. The zero-order valence-corrected chi connectivity index (χ0v) is 9.51. The second-order valence-corrected chi connectivity index (χ2v) is 4.32. The summed E-state index contributed by atoms with van der Waals surface area (Å²) in [4.78, 5) is 11.8. The summed E-state index contributed by atoms with van der Waals surface area (Å²) in [6.07, 6.45) is 6.40. The molecule has 0 saturated heterocycles. The van der Waals surface area contributed by atoms with Crippen molar-refractivity contribution in [2.45, 2.75) is 32.1 Å². The van der Waals surface area contributed by atoms with Gasteiger partial charge in [-0.2, -0.15) is 0 Å². The number of carbonyl (C=O) groups is 1. The first-order valence-corrected chi connectivity index (χ1v) is 5.86. The van der Waals surface area contributed by atoms with Crippen LogP contribution >= 0.6 is 0 Å². The molecule has 0 heterocycles. The van der Waals surface area contributed by atoms with Gasteiger partial charge in [-0.1, -0.05) is 18.1 Å². The first-order valence-electron chi connectivity index (χ1n) is 5.86. The van der Waals surface area contributed by atoms with Gasteiger partial charge in [0.1, 0.15) is 11.6 Å². The van der Waals surface area contributed by atoms with E-state index in [1.807, 2.05) is 0 Å². The van der Waals surface area contributed by atoms with Crippen LogP contribution in [0, 0.1) is 11.6 Å². The lowest BCUT2D eigenvalue weighted by Crippen LogP contribution is -2.05. The van der Waals surface area contributed by atoms with Gasteiger partial charge in [0.15, 0.2) is 5.78 Å². The SMILES string of the molecule is O=C(C=C1CCCCC1)c1c(F)cccc1F. The van der Waals surface area contributed by atoms with Gasteiger partial charge in [0, 0.05) is 0 Å². The predicted molar refractivity (Wildman–Crippen MR) is 61.9 cm³/mol. The molecule has 0 radical (unpaired) electrons. The molecule has 0 spiro atoms. The van der Waals surface area contributed by atoms with Crippen LogP contribution in [0.3, 0.4) is 0 Å². The Bertz CT molecular complexity index is 435. The smallest absolute Gasteiger partial charge is 0.191 e. The Balaban J connectivity index is 2.25. The van der Waals surface area contributed by atoms with Gasteiger partial charge < -0.3 is 0 Å². The third kappa shape index (κ3) is 2.78. The molecule has 0 N–H and O–H groups in total. The number of carbonyl (C=O) groups excluding carboxylic acids is 1. The highest BCUT2D eigenvalue weighted by Crippen LogP contribution is 2.24. The molecule has 2 rings (SSSR count). The lowest BCUT2D eigenvalue weighted by Gasteiger charge is -2.13. The lowest BCUT2D eigenvalue weighted by atomic mass is 9.93. The maximum absolute atomic E-state index is 13.4. The Labute approximate surface area is 99.1 Å². The molecule has 0 aliphatic heterocycles. The van der Waals surface area contributed by atoms with Crippen molar-refractivity contribution in [1.82, 2.24) is 0 Å². The summed E-state index contributed by atoms with van der Waals surface area (Å²) in [7, 11) is 0. The lowest BCUT2D eigenvalue weighted by molar-refractivity contribution is 0.103. The maximum atomic E-state index is 13.4. The Hall–Kier alpha value is -1.51. The van der Waals surface area contributed by atoms with Crippen LogP contribution in [0.1, 0.15) is 42.5 Å². The Morgan fingerprint density at radius 3 is 2.24 bits per heavy atom. The predicted octanol–water partition coefficient (Wildman–Crippen LogP) is 4.04. The molecule has 90 valence electrons. The highest BCUT2D eigenvalue weighted by molar-refractivity contribution is 6.05. The van der Waals surface area contributed by atoms with Crippen molar-refractivity contribution in [2.75, 3.05) is 0 Å². The molecule has 0 atom stereocenters. The van der Waals surface area contributed by atoms with Crippen molar-refractivity contribution < 1.29 is 13.6 Å². The third-order valence-corrected chi connectivity index (χ3v) is 3.04. The molecule has 3 heteroatoms. The van der Waals surface area contributed by atoms with E-state index >= 15 is 0 Å². The van der Waals surface area contributed by atoms with Crippen molar-refractivity contribution in [3.8, 4) is 0 Å². The Morgan fingerprint density at radius 1 is 1.06 bits per heavy atom. The topological polar surface area (TPSA) is 17.1 Å². The molecular formula is C14H14F2O. The monoisotopic (exact) mass is 236 g/mol. The van der Waals surface area contributed by atoms with E-state index in [-0.39, 0.29) is 0 Å². The first-order chi connectivity index (χ1) is 8.18. The standard InChI is InChI=1S/C14H14F2O/c15-11-7-4-8-12(16)14(11)13(17)9-10-5-2-1-3-6-10/h4,7-9H,1-3,5-6H2. The van der Waals surface area contributed by atoms with Crippen LogP contribution in [0.2, 0.25) is 0 Å². The van der Waals surface area contributed by atoms with Crippen LogP contribution in [0.5, 0.6) is 0 Å². The normalized spacial score (nSPS) is 15.8. The van der Waals surface area contributed by atoms with E-state index in [4.69, 9.17) is 0 Å². The summed E-state index contributed by atoms with van der Waals surface area (Å²) in [5.74, 6) is -2.14. The Morgan fingerprint density at radius 2 is 1.65 bits per heavy atom. The van der Waals surface area contributed by atoms with E-state index in [9.17, 15) is 13.6 Å². The fourth-order valence-corrected chi connectivity index (χ4v) is 2.14. The van der Waals surface area contributed by atoms with E-state index in [2.05, 4.69) is 0 Å². The molecule has 1 aliphatic carbocycles. The molecule has 1 aromatic carbocycles. The quantitative estimate of drug-likeness (QED) is 0.559. The van der Waals surface area contributed by atoms with Crippen LogP contribution in [-0.2, 0) is 0 Å². The van der Waals surface area contributed by atoms with E-state index in [0.29, 0.717) is 0 Å². The minimum Gasteiger partial charge on any atom is -0.289 e. The Kier molecular flexibility index (Phi) is 3.67. The van der Waals surface area contributed by atoms with Crippen LogP contribution in [0.15, 0.2) is 29.8 Å². The number of hydrogen-bond acceptors (Lipinski definition) is 1. The summed E-state index contributed by atoms with van der Waals surface area (Å²) < 4.78 is 26.7. The van der Waals surface area contributed by atoms with E-state index in [1.165, 1.54) is 18.6 Å². The molecule has 0 unspecified atom stereocenters. The first kappa shape index (κ1) is 12.0. The van der Waals surface area contributed by atoms with Crippen molar-refractivity contribution in [1.29, 1.82) is 0 Å². The number of ketones is 1. The molecule has 1 aliphatic rings. The zero-order valence-electron chi connectivity index (χ0n) is 9.51. The van der Waals surface area contributed by atoms with Crippen molar-refractivity contribution in [3.05, 3.63) is 47.0 Å². The van der Waals surface area contributed by atoms with Gasteiger partial charge in [0.25, 0.3) is 0 Å². The minimum absolute atomic E-state index is 0.439. The van der Waals surface area contributed by atoms with Crippen molar-refractivity contribution in [3.63, 3.8) is 0 Å². The summed E-state index contributed by atoms with van der Waals surface area (Å²) in [6.45, 7) is 0. The van der Waals surface area contributed by atoms with E-state index in [0.717, 1.165) is 43.4 Å². The second kappa shape index (κ2) is 5.21. The van der Waals surface area contributed by atoms with Gasteiger partial charge in [-0.05, 0) is 43.9 Å². The number of allylic oxidation sites excluding steroid dienone is 2. The van der Waals surface area contributed by atoms with Crippen LogP contribution < -0.4 is 0 Å². The summed E-state index contributed by atoms with van der Waals surface area (Å²) >= 11 is 0. The highest BCUT2D eigenvalue weighted by Gasteiger charge is 2.16. The number of halogens is 2. The molecule has 1 nitrogen and oxygen atoms in total. The molecule has 0 bridgehead atoms. The summed E-state index contributed by atoms with van der Waals surface area (Å²) in [5, 5.41) is 0. The van der Waals surface area contributed by atoms with Crippen LogP contribution in [0.25, 0.3) is 0 Å². The maximum Gasteiger partial charge on any atom is 0.191 e. The summed E-state index contributed by atoms with van der Waals surface area (Å²) in [6, 6.07) is 3.47. The van der Waals surface area contributed by atoms with Crippen LogP contribution in [-0.4, -0.2) is 5.78 Å². The number of rotatable bonds is 2. The molecule has 1 fully saturated rings. The molecule has 1 aromatic rings. The third-order valence-electron chi connectivity index (χ3n) is 3.04. The molecule has 0 aromatic heterocycles. The number of benzene rings is 1. The average Bonchev–Trinajstić information content (AvgIpc) is 2.30. The molecule has 1 saturated carbocycles. The van der Waals surface area contributed by atoms with Gasteiger partial charge in [-0.15, -0.1) is 0 Å². The van der Waals surface area contributed by atoms with Gasteiger partial charge >= 0.3 is 0 Å². The fraction of sp³-hybridized carbons (Fsp3) is 0.357. The minimum atomic E-state index is -0.789. The van der Waals surface area contributed by atoms with Crippen molar-refractivity contribution >= 4 is 5.78 Å². The second-order valence-electron chi connectivity index (χ2n) is 4.32. The van der Waals surface area contributed by atoms with Gasteiger partial charge in [0.05, 0.1) is 5.56 Å². The van der Waals surface area contributed by atoms with Gasteiger partial charge in [-0.25, -0.2) is 8.78 Å². The zero-order chi connectivity index (χ0) is 12.3. The average molecular weight is 236 g/mol. The fourth-order valence-electron chi connectivity index (χ4n) is 2.14. The summed E-state index contributed by atoms with van der Waals surface area (Å²) in [5.41, 5.74) is 0.564. The van der Waals surface area contributed by atoms with Gasteiger partial charge in [0.2, 0.25) is 0 Å². The molecule has 0 amide bonds. The van der Waals surface area contributed by atoms with Crippen LogP contribution in [0.4, 0.5) is 8.78 Å². The van der Waals surface area contributed by atoms with Crippen molar-refractivity contribution in [2.24, 2.45) is 0 Å².